The summed E-state index contributed by atoms with van der Waals surface area (Å²) in [4.78, 5) is 0. The van der Waals surface area contributed by atoms with Gasteiger partial charge < -0.3 is 16.4 Å². The summed E-state index contributed by atoms with van der Waals surface area (Å²) in [6.45, 7) is 4.00. The van der Waals surface area contributed by atoms with E-state index in [-0.39, 0.29) is 0 Å². The van der Waals surface area contributed by atoms with E-state index >= 15 is 0 Å². The zero-order valence-corrected chi connectivity index (χ0v) is 11.5. The van der Waals surface area contributed by atoms with Crippen molar-refractivity contribution in [2.24, 2.45) is 0 Å². The molecule has 0 amide bonds. The van der Waals surface area contributed by atoms with Crippen LogP contribution in [-0.2, 0) is 0 Å². The summed E-state index contributed by atoms with van der Waals surface area (Å²) >= 11 is 8.30. The van der Waals surface area contributed by atoms with E-state index in [9.17, 15) is 0 Å². The number of rotatable bonds is 1. The maximum Gasteiger partial charge on any atom is 0.170 e. The van der Waals surface area contributed by atoms with Crippen molar-refractivity contribution in [1.29, 1.82) is 0 Å². The van der Waals surface area contributed by atoms with Crippen molar-refractivity contribution in [3.05, 3.63) is 22.7 Å². The molecule has 0 heterocycles. The monoisotopic (exact) mass is 289 g/mol. The number of thiocarbonyl (C=S) groups is 1. The van der Waals surface area contributed by atoms with Crippen molar-refractivity contribution in [3.8, 4) is 0 Å². The van der Waals surface area contributed by atoms with Crippen LogP contribution in [0.15, 0.2) is 22.7 Å². The van der Waals surface area contributed by atoms with Gasteiger partial charge >= 0.3 is 0 Å². The Labute approximate surface area is 105 Å². The van der Waals surface area contributed by atoms with Crippen molar-refractivity contribution >= 4 is 44.6 Å². The highest BCUT2D eigenvalue weighted by Crippen LogP contribution is 2.22. The molecule has 4 N–H and O–H groups in total. The van der Waals surface area contributed by atoms with Crippen LogP contribution >= 0.6 is 28.1 Å². The summed E-state index contributed by atoms with van der Waals surface area (Å²) in [5.41, 5.74) is 7.19. The maximum absolute atomic E-state index is 5.72. The minimum atomic E-state index is 0.546. The average Bonchev–Trinajstić information content (AvgIpc) is 2.26. The molecule has 0 aliphatic carbocycles. The summed E-state index contributed by atoms with van der Waals surface area (Å²) in [6, 6.07) is 5.56. The number of anilines is 2. The Bertz CT molecular complexity index is 328. The molecule has 0 aromatic heterocycles. The molecule has 3 nitrogen and oxygen atoms in total. The van der Waals surface area contributed by atoms with Gasteiger partial charge in [-0.15, -0.1) is 0 Å². The van der Waals surface area contributed by atoms with E-state index in [2.05, 4.69) is 26.6 Å². The van der Waals surface area contributed by atoms with Crippen LogP contribution in [0.5, 0.6) is 0 Å². The molecule has 0 aliphatic rings. The molecule has 84 valence electrons. The second-order valence-corrected chi connectivity index (χ2v) is 3.76. The van der Waals surface area contributed by atoms with E-state index in [4.69, 9.17) is 18.0 Å². The number of halogens is 1. The molecule has 0 saturated carbocycles. The molecule has 0 fully saturated rings. The molecule has 1 aromatic carbocycles. The summed E-state index contributed by atoms with van der Waals surface area (Å²) in [5, 5.41) is 6.32. The molecule has 0 radical (unpaired) electrons. The van der Waals surface area contributed by atoms with Gasteiger partial charge in [-0.25, -0.2) is 0 Å². The number of hydrogen-bond donors (Lipinski definition) is 3. The van der Waals surface area contributed by atoms with Crippen molar-refractivity contribution in [1.82, 2.24) is 5.32 Å². The lowest BCUT2D eigenvalue weighted by atomic mass is 10.3. The molecule has 1 rings (SSSR count). The largest absolute Gasteiger partial charge is 0.397 e. The van der Waals surface area contributed by atoms with Crippen LogP contribution in [0.2, 0.25) is 0 Å². The van der Waals surface area contributed by atoms with Gasteiger partial charge in [0.2, 0.25) is 0 Å². The summed E-state index contributed by atoms with van der Waals surface area (Å²) in [6.07, 6.45) is 0. The lowest BCUT2D eigenvalue weighted by Crippen LogP contribution is -2.24. The van der Waals surface area contributed by atoms with Crippen LogP contribution in [0.3, 0.4) is 0 Å². The van der Waals surface area contributed by atoms with E-state index in [1.165, 1.54) is 0 Å². The predicted molar refractivity (Wildman–Crippen MR) is 75.2 cm³/mol. The van der Waals surface area contributed by atoms with Crippen LogP contribution in [0, 0.1) is 0 Å². The molecule has 0 unspecified atom stereocenters. The molecule has 0 saturated heterocycles. The van der Waals surface area contributed by atoms with Crippen molar-refractivity contribution in [2.45, 2.75) is 13.8 Å². The standard InChI is InChI=1S/C8H10BrN3S.C2H6/c1-11-8(13)12-7-4-5(9)2-3-6(7)10;1-2/h2-4H,10H2,1H3,(H2,11,12,13);1-2H3. The predicted octanol–water partition coefficient (Wildman–Crippen LogP) is 2.97. The third-order valence-electron chi connectivity index (χ3n) is 1.49. The van der Waals surface area contributed by atoms with Crippen LogP contribution in [0.4, 0.5) is 11.4 Å². The van der Waals surface area contributed by atoms with E-state index in [0.29, 0.717) is 10.8 Å². The highest BCUT2D eigenvalue weighted by Gasteiger charge is 2.00. The first-order valence-corrected chi connectivity index (χ1v) is 5.87. The highest BCUT2D eigenvalue weighted by molar-refractivity contribution is 9.10. The van der Waals surface area contributed by atoms with Crippen LogP contribution in [-0.4, -0.2) is 12.2 Å². The Morgan fingerprint density at radius 1 is 1.40 bits per heavy atom. The molecule has 15 heavy (non-hydrogen) atoms. The van der Waals surface area contributed by atoms with Gasteiger partial charge in [-0.05, 0) is 30.4 Å². The second kappa shape index (κ2) is 7.48. The van der Waals surface area contributed by atoms with Gasteiger partial charge in [0.15, 0.2) is 5.11 Å². The zero-order valence-electron chi connectivity index (χ0n) is 9.10. The first-order chi connectivity index (χ1) is 7.13. The molecule has 0 aliphatic heterocycles. The van der Waals surface area contributed by atoms with Crippen LogP contribution in [0.25, 0.3) is 0 Å². The van der Waals surface area contributed by atoms with Gasteiger partial charge in [-0.3, -0.25) is 0 Å². The molecule has 1 aromatic rings. The summed E-state index contributed by atoms with van der Waals surface area (Å²) in [5.74, 6) is 0. The van der Waals surface area contributed by atoms with E-state index in [0.717, 1.165) is 10.2 Å². The van der Waals surface area contributed by atoms with E-state index in [1.807, 2.05) is 32.0 Å². The molecule has 0 atom stereocenters. The first kappa shape index (κ1) is 14.2. The molecular formula is C10H16BrN3S. The number of benzene rings is 1. The fourth-order valence-corrected chi connectivity index (χ4v) is 1.29. The van der Waals surface area contributed by atoms with E-state index in [1.54, 1.807) is 7.05 Å². The Kier molecular flexibility index (Phi) is 7.07. The van der Waals surface area contributed by atoms with Crippen LogP contribution < -0.4 is 16.4 Å². The molecule has 0 bridgehead atoms. The lowest BCUT2D eigenvalue weighted by molar-refractivity contribution is 1.20. The van der Waals surface area contributed by atoms with Gasteiger partial charge in [0.05, 0.1) is 11.4 Å². The van der Waals surface area contributed by atoms with Crippen molar-refractivity contribution in [2.75, 3.05) is 18.1 Å². The molecule has 5 heteroatoms. The Morgan fingerprint density at radius 2 is 2.00 bits per heavy atom. The number of hydrogen-bond acceptors (Lipinski definition) is 2. The SMILES string of the molecule is CC.CNC(=S)Nc1cc(Br)ccc1N. The normalized spacial score (nSPS) is 8.53. The van der Waals surface area contributed by atoms with Crippen LogP contribution in [0.1, 0.15) is 13.8 Å². The quantitative estimate of drug-likeness (QED) is 0.550. The average molecular weight is 290 g/mol. The summed E-state index contributed by atoms with van der Waals surface area (Å²) < 4.78 is 0.961. The lowest BCUT2D eigenvalue weighted by Gasteiger charge is -2.09. The third-order valence-corrected chi connectivity index (χ3v) is 2.29. The topological polar surface area (TPSA) is 50.1 Å². The van der Waals surface area contributed by atoms with Gasteiger partial charge in [0.25, 0.3) is 0 Å². The minimum Gasteiger partial charge on any atom is -0.397 e. The zero-order chi connectivity index (χ0) is 11.8. The maximum atomic E-state index is 5.72. The Hall–Kier alpha value is -0.810. The van der Waals surface area contributed by atoms with Gasteiger partial charge in [-0.1, -0.05) is 29.8 Å². The molecular weight excluding hydrogens is 274 g/mol. The first-order valence-electron chi connectivity index (χ1n) is 4.67. The number of nitrogens with two attached hydrogens (primary N) is 1. The fraction of sp³-hybridized carbons (Fsp3) is 0.300. The third kappa shape index (κ3) is 4.99. The Morgan fingerprint density at radius 3 is 2.53 bits per heavy atom. The highest BCUT2D eigenvalue weighted by atomic mass is 79.9. The molecule has 0 spiro atoms. The Balaban J connectivity index is 0.000000921. The van der Waals surface area contributed by atoms with Gasteiger partial charge in [-0.2, -0.15) is 0 Å². The fourth-order valence-electron chi connectivity index (χ4n) is 0.822. The van der Waals surface area contributed by atoms with Crippen molar-refractivity contribution < 1.29 is 0 Å². The van der Waals surface area contributed by atoms with Gasteiger partial charge in [0.1, 0.15) is 0 Å². The van der Waals surface area contributed by atoms with E-state index < -0.39 is 0 Å². The number of nitrogens with one attached hydrogen (secondary N) is 2. The number of nitrogen functional groups attached to an aromatic ring is 1. The van der Waals surface area contributed by atoms with Crippen molar-refractivity contribution in [3.63, 3.8) is 0 Å². The summed E-state index contributed by atoms with van der Waals surface area (Å²) in [7, 11) is 1.75. The second-order valence-electron chi connectivity index (χ2n) is 2.44. The minimum absolute atomic E-state index is 0.546. The smallest absolute Gasteiger partial charge is 0.170 e. The van der Waals surface area contributed by atoms with Gasteiger partial charge in [0, 0.05) is 11.5 Å².